The molecule has 2 aliphatic rings. The van der Waals surface area contributed by atoms with Gasteiger partial charge in [0.25, 0.3) is 5.91 Å². The summed E-state index contributed by atoms with van der Waals surface area (Å²) in [5, 5.41) is 5.12. The Kier molecular flexibility index (Phi) is 7.81. The second-order valence-electron chi connectivity index (χ2n) is 11.1. The summed E-state index contributed by atoms with van der Waals surface area (Å²) in [7, 11) is 0. The molecule has 1 heterocycles. The van der Waals surface area contributed by atoms with Gasteiger partial charge in [-0.15, -0.1) is 0 Å². The molecule has 208 valence electrons. The molecular weight excluding hydrogens is 510 g/mol. The summed E-state index contributed by atoms with van der Waals surface area (Å²) >= 11 is 0. The lowest BCUT2D eigenvalue weighted by Gasteiger charge is -2.34. The summed E-state index contributed by atoms with van der Waals surface area (Å²) in [6.45, 7) is 0.135. The highest BCUT2D eigenvalue weighted by molar-refractivity contribution is 6.26. The summed E-state index contributed by atoms with van der Waals surface area (Å²) in [4.78, 5) is 45.1. The summed E-state index contributed by atoms with van der Waals surface area (Å²) < 4.78 is 0. The Morgan fingerprint density at radius 2 is 1.46 bits per heavy atom. The first-order valence-electron chi connectivity index (χ1n) is 14.6. The number of nitrogens with one attached hydrogen (secondary N) is 1. The average molecular weight is 546 g/mol. The van der Waals surface area contributed by atoms with Gasteiger partial charge in [0, 0.05) is 30.0 Å². The first kappa shape index (κ1) is 26.8. The largest absolute Gasteiger partial charge is 0.352 e. The van der Waals surface area contributed by atoms with Crippen LogP contribution in [0.1, 0.15) is 53.6 Å². The fourth-order valence-corrected chi connectivity index (χ4v) is 6.24. The van der Waals surface area contributed by atoms with Crippen LogP contribution in [0.4, 0.5) is 5.69 Å². The molecule has 6 rings (SSSR count). The molecule has 0 saturated heterocycles. The number of benzene rings is 4. The normalized spacial score (nSPS) is 15.6. The Hall–Kier alpha value is -4.45. The Morgan fingerprint density at radius 3 is 2.17 bits per heavy atom. The zero-order valence-electron chi connectivity index (χ0n) is 23.2. The molecule has 1 aliphatic heterocycles. The third kappa shape index (κ3) is 5.73. The Morgan fingerprint density at radius 1 is 0.805 bits per heavy atom. The number of nitrogens with zero attached hydrogens (tertiary/aromatic N) is 2. The van der Waals surface area contributed by atoms with Crippen LogP contribution in [0.15, 0.2) is 97.1 Å². The van der Waals surface area contributed by atoms with Gasteiger partial charge in [-0.25, -0.2) is 0 Å². The van der Waals surface area contributed by atoms with Crippen LogP contribution in [0.2, 0.25) is 0 Å². The quantitative estimate of drug-likeness (QED) is 0.285. The Balaban J connectivity index is 1.33. The molecule has 4 aromatic rings. The predicted molar refractivity (Wildman–Crippen MR) is 162 cm³/mol. The van der Waals surface area contributed by atoms with E-state index in [-0.39, 0.29) is 36.9 Å². The molecule has 0 aromatic heterocycles. The number of hydrogen-bond donors (Lipinski definition) is 1. The maximum Gasteiger partial charge on any atom is 0.259 e. The number of hydrogen-bond acceptors (Lipinski definition) is 3. The van der Waals surface area contributed by atoms with Crippen LogP contribution < -0.4 is 10.2 Å². The first-order chi connectivity index (χ1) is 20.1. The number of rotatable bonds is 9. The predicted octanol–water partition coefficient (Wildman–Crippen LogP) is 5.89. The van der Waals surface area contributed by atoms with Gasteiger partial charge in [0.2, 0.25) is 11.8 Å². The summed E-state index contributed by atoms with van der Waals surface area (Å²) in [6, 6.07) is 30.4. The number of carbonyl (C=O) groups is 3. The van der Waals surface area contributed by atoms with E-state index in [0.717, 1.165) is 53.3 Å². The Labute approximate surface area is 241 Å². The summed E-state index contributed by atoms with van der Waals surface area (Å²) in [5.74, 6) is -0.578. The molecule has 0 bridgehead atoms. The molecule has 1 aliphatic carbocycles. The van der Waals surface area contributed by atoms with Gasteiger partial charge in [0.05, 0.1) is 5.69 Å². The van der Waals surface area contributed by atoms with E-state index in [1.807, 2.05) is 97.1 Å². The maximum absolute atomic E-state index is 14.3. The molecule has 4 aromatic carbocycles. The SMILES string of the molecule is O=C(NC1CCCCC1)[C@H](Cc1ccccc1)N(Cc1ccccc1)C(=O)CN1C(=O)c2cccc3cccc1c23. The fraction of sp³-hybridized carbons (Fsp3) is 0.286. The van der Waals surface area contributed by atoms with Crippen LogP contribution in [0.25, 0.3) is 10.8 Å². The highest BCUT2D eigenvalue weighted by atomic mass is 16.2. The number of anilines is 1. The van der Waals surface area contributed by atoms with Crippen molar-refractivity contribution in [1.29, 1.82) is 0 Å². The van der Waals surface area contributed by atoms with Gasteiger partial charge in [0.15, 0.2) is 0 Å². The molecule has 1 saturated carbocycles. The molecule has 0 unspecified atom stereocenters. The van der Waals surface area contributed by atoms with E-state index in [2.05, 4.69) is 5.32 Å². The van der Waals surface area contributed by atoms with E-state index >= 15 is 0 Å². The van der Waals surface area contributed by atoms with E-state index in [9.17, 15) is 14.4 Å². The molecule has 3 amide bonds. The monoisotopic (exact) mass is 545 g/mol. The molecule has 0 spiro atoms. The van der Waals surface area contributed by atoms with E-state index in [1.165, 1.54) is 6.42 Å². The van der Waals surface area contributed by atoms with E-state index in [1.54, 1.807) is 9.80 Å². The van der Waals surface area contributed by atoms with Gasteiger partial charge >= 0.3 is 0 Å². The third-order valence-electron chi connectivity index (χ3n) is 8.36. The fourth-order valence-electron chi connectivity index (χ4n) is 6.24. The highest BCUT2D eigenvalue weighted by Crippen LogP contribution is 2.37. The summed E-state index contributed by atoms with van der Waals surface area (Å²) in [5.41, 5.74) is 3.26. The topological polar surface area (TPSA) is 69.7 Å². The molecular formula is C35H35N3O3. The summed E-state index contributed by atoms with van der Waals surface area (Å²) in [6.07, 6.45) is 5.70. The van der Waals surface area contributed by atoms with E-state index in [4.69, 9.17) is 0 Å². The lowest BCUT2D eigenvalue weighted by Crippen LogP contribution is -2.54. The van der Waals surface area contributed by atoms with Gasteiger partial charge in [-0.05, 0) is 41.5 Å². The minimum atomic E-state index is -0.720. The highest BCUT2D eigenvalue weighted by Gasteiger charge is 2.36. The van der Waals surface area contributed by atoms with Crippen molar-refractivity contribution >= 4 is 34.2 Å². The number of amides is 3. The zero-order valence-corrected chi connectivity index (χ0v) is 23.2. The molecule has 1 atom stereocenters. The maximum atomic E-state index is 14.3. The van der Waals surface area contributed by atoms with Gasteiger partial charge in [-0.3, -0.25) is 19.3 Å². The average Bonchev–Trinajstić information content (AvgIpc) is 3.28. The van der Waals surface area contributed by atoms with E-state index < -0.39 is 6.04 Å². The van der Waals surface area contributed by atoms with E-state index in [0.29, 0.717) is 12.0 Å². The van der Waals surface area contributed by atoms with Crippen molar-refractivity contribution in [3.63, 3.8) is 0 Å². The molecule has 1 N–H and O–H groups in total. The minimum Gasteiger partial charge on any atom is -0.352 e. The molecule has 6 nitrogen and oxygen atoms in total. The Bertz CT molecular complexity index is 1540. The van der Waals surface area contributed by atoms with Crippen LogP contribution in [0.5, 0.6) is 0 Å². The van der Waals surface area contributed by atoms with Gasteiger partial charge < -0.3 is 10.2 Å². The van der Waals surface area contributed by atoms with Crippen molar-refractivity contribution in [1.82, 2.24) is 10.2 Å². The van der Waals surface area contributed by atoms with Crippen molar-refractivity contribution in [3.05, 3.63) is 114 Å². The van der Waals surface area contributed by atoms with Gasteiger partial charge in [-0.2, -0.15) is 0 Å². The van der Waals surface area contributed by atoms with Crippen molar-refractivity contribution in [2.24, 2.45) is 0 Å². The van der Waals surface area contributed by atoms with Crippen LogP contribution in [-0.4, -0.2) is 41.2 Å². The van der Waals surface area contributed by atoms with Crippen LogP contribution in [0, 0.1) is 0 Å². The number of carbonyl (C=O) groups excluding carboxylic acids is 3. The van der Waals surface area contributed by atoms with Crippen LogP contribution in [0.3, 0.4) is 0 Å². The molecule has 1 fully saturated rings. The lowest BCUT2D eigenvalue weighted by atomic mass is 9.94. The van der Waals surface area contributed by atoms with Crippen molar-refractivity contribution < 1.29 is 14.4 Å². The van der Waals surface area contributed by atoms with Crippen molar-refractivity contribution in [2.75, 3.05) is 11.4 Å². The molecule has 6 heteroatoms. The lowest BCUT2D eigenvalue weighted by molar-refractivity contribution is -0.140. The zero-order chi connectivity index (χ0) is 28.2. The first-order valence-corrected chi connectivity index (χ1v) is 14.6. The second kappa shape index (κ2) is 12.0. The van der Waals surface area contributed by atoms with Crippen molar-refractivity contribution in [3.8, 4) is 0 Å². The van der Waals surface area contributed by atoms with Crippen LogP contribution >= 0.6 is 0 Å². The third-order valence-corrected chi connectivity index (χ3v) is 8.36. The standard InChI is InChI=1S/C35H35N3O3/c39-32(24-38-30-21-11-17-27-16-10-20-29(33(27)30)35(38)41)37(23-26-14-6-2-7-15-26)31(22-25-12-4-1-5-13-25)34(40)36-28-18-8-3-9-19-28/h1-2,4-7,10-17,20-21,28,31H,3,8-9,18-19,22-24H2,(H,36,40)/t31-/m0/s1. The van der Waals surface area contributed by atoms with Gasteiger partial charge in [-0.1, -0.05) is 104 Å². The minimum absolute atomic E-state index is 0.121. The van der Waals surface area contributed by atoms with Crippen molar-refractivity contribution in [2.45, 2.75) is 57.2 Å². The van der Waals surface area contributed by atoms with Gasteiger partial charge in [0.1, 0.15) is 12.6 Å². The second-order valence-corrected chi connectivity index (χ2v) is 11.1. The molecule has 41 heavy (non-hydrogen) atoms. The smallest absolute Gasteiger partial charge is 0.259 e. The van der Waals surface area contributed by atoms with Crippen LogP contribution in [-0.2, 0) is 22.6 Å². The molecule has 0 radical (unpaired) electrons.